The van der Waals surface area contributed by atoms with Crippen LogP contribution in [0.15, 0.2) is 24.3 Å². The predicted octanol–water partition coefficient (Wildman–Crippen LogP) is 1.80. The number of aryl methyl sites for hydroxylation is 2. The molecule has 6 nitrogen and oxygen atoms in total. The number of benzene rings is 1. The largest absolute Gasteiger partial charge is 0.269 e. The lowest BCUT2D eigenvalue weighted by molar-refractivity contribution is 0.0638. The second-order valence-corrected chi connectivity index (χ2v) is 5.72. The van der Waals surface area contributed by atoms with E-state index in [0.717, 1.165) is 31.6 Å². The van der Waals surface area contributed by atoms with Gasteiger partial charge in [0.05, 0.1) is 17.7 Å². The molecule has 0 radical (unpaired) electrons. The van der Waals surface area contributed by atoms with Gasteiger partial charge in [0, 0.05) is 13.0 Å². The van der Waals surface area contributed by atoms with Gasteiger partial charge < -0.3 is 0 Å². The van der Waals surface area contributed by atoms with E-state index in [0.29, 0.717) is 17.0 Å². The van der Waals surface area contributed by atoms with Crippen molar-refractivity contribution in [2.45, 2.75) is 38.8 Å². The van der Waals surface area contributed by atoms with Gasteiger partial charge in [0.1, 0.15) is 5.82 Å². The Bertz CT molecular complexity index is 707. The summed E-state index contributed by atoms with van der Waals surface area (Å²) in [5.74, 6) is 0.992. The molecule has 2 aromatic rings. The molecule has 22 heavy (non-hydrogen) atoms. The zero-order valence-corrected chi connectivity index (χ0v) is 12.2. The summed E-state index contributed by atoms with van der Waals surface area (Å²) in [4.78, 5) is 30.5. The quantitative estimate of drug-likeness (QED) is 0.792. The number of fused-ring (bicyclic) bond motifs is 2. The van der Waals surface area contributed by atoms with Gasteiger partial charge in [-0.05, 0) is 25.0 Å². The topological polar surface area (TPSA) is 68.1 Å². The summed E-state index contributed by atoms with van der Waals surface area (Å²) in [6.45, 7) is 1.01. The van der Waals surface area contributed by atoms with Gasteiger partial charge in [-0.3, -0.25) is 14.5 Å². The number of nitrogens with zero attached hydrogens (tertiary/aromatic N) is 4. The number of carbonyl (C=O) groups excluding carboxylic acids is 2. The van der Waals surface area contributed by atoms with E-state index in [1.165, 1.54) is 11.3 Å². The first-order chi connectivity index (χ1) is 10.7. The molecule has 0 saturated carbocycles. The van der Waals surface area contributed by atoms with Crippen molar-refractivity contribution in [2.75, 3.05) is 0 Å². The number of aromatic nitrogens is 3. The third-order valence-corrected chi connectivity index (χ3v) is 4.24. The summed E-state index contributed by atoms with van der Waals surface area (Å²) in [6.07, 6.45) is 4.32. The van der Waals surface area contributed by atoms with Gasteiger partial charge in [-0.1, -0.05) is 18.6 Å². The van der Waals surface area contributed by atoms with Crippen LogP contribution >= 0.6 is 0 Å². The Labute approximate surface area is 127 Å². The van der Waals surface area contributed by atoms with Crippen LogP contribution in [0.4, 0.5) is 0 Å². The van der Waals surface area contributed by atoms with Gasteiger partial charge in [0.15, 0.2) is 5.82 Å². The lowest BCUT2D eigenvalue weighted by atomic mass is 10.1. The van der Waals surface area contributed by atoms with Crippen molar-refractivity contribution in [1.82, 2.24) is 19.7 Å². The van der Waals surface area contributed by atoms with Crippen LogP contribution in [-0.4, -0.2) is 31.5 Å². The Kier molecular flexibility index (Phi) is 3.03. The first-order valence-corrected chi connectivity index (χ1v) is 7.62. The van der Waals surface area contributed by atoms with Crippen LogP contribution in [0, 0.1) is 0 Å². The number of amides is 2. The van der Waals surface area contributed by atoms with Gasteiger partial charge in [-0.25, -0.2) is 9.67 Å². The maximum absolute atomic E-state index is 12.4. The Hall–Kier alpha value is -2.50. The Morgan fingerprint density at radius 3 is 2.45 bits per heavy atom. The van der Waals surface area contributed by atoms with E-state index in [2.05, 4.69) is 10.1 Å². The van der Waals surface area contributed by atoms with E-state index >= 15 is 0 Å². The van der Waals surface area contributed by atoms with E-state index < -0.39 is 0 Å². The second-order valence-electron chi connectivity index (χ2n) is 5.72. The van der Waals surface area contributed by atoms with Crippen LogP contribution < -0.4 is 0 Å². The van der Waals surface area contributed by atoms with Crippen LogP contribution in [0.1, 0.15) is 51.6 Å². The number of hydrogen-bond acceptors (Lipinski definition) is 4. The molecule has 0 aliphatic carbocycles. The molecule has 1 aromatic heterocycles. The van der Waals surface area contributed by atoms with Gasteiger partial charge in [-0.15, -0.1) is 0 Å². The van der Waals surface area contributed by atoms with Crippen molar-refractivity contribution in [3.8, 4) is 0 Å². The highest BCUT2D eigenvalue weighted by Crippen LogP contribution is 2.24. The van der Waals surface area contributed by atoms with Crippen LogP contribution in [-0.2, 0) is 19.5 Å². The number of hydrogen-bond donors (Lipinski definition) is 0. The summed E-state index contributed by atoms with van der Waals surface area (Å²) >= 11 is 0. The normalized spacial score (nSPS) is 17.4. The molecular weight excluding hydrogens is 280 g/mol. The number of carbonyl (C=O) groups is 2. The molecule has 0 spiro atoms. The molecular formula is C16H16N4O2. The Morgan fingerprint density at radius 2 is 1.73 bits per heavy atom. The Balaban J connectivity index is 1.60. The van der Waals surface area contributed by atoms with E-state index in [4.69, 9.17) is 0 Å². The van der Waals surface area contributed by atoms with Crippen LogP contribution in [0.25, 0.3) is 0 Å². The highest BCUT2D eigenvalue weighted by Gasteiger charge is 2.35. The third kappa shape index (κ3) is 2.03. The van der Waals surface area contributed by atoms with Crippen molar-refractivity contribution >= 4 is 11.8 Å². The lowest BCUT2D eigenvalue weighted by Gasteiger charge is -2.10. The summed E-state index contributed by atoms with van der Waals surface area (Å²) in [7, 11) is 0. The monoisotopic (exact) mass is 296 g/mol. The number of rotatable bonds is 2. The zero-order chi connectivity index (χ0) is 15.1. The fourth-order valence-corrected chi connectivity index (χ4v) is 3.10. The molecule has 6 heteroatoms. The lowest BCUT2D eigenvalue weighted by Crippen LogP contribution is -2.29. The molecule has 0 bridgehead atoms. The fourth-order valence-electron chi connectivity index (χ4n) is 3.10. The molecule has 112 valence electrons. The number of imide groups is 1. The van der Waals surface area contributed by atoms with E-state index in [9.17, 15) is 9.59 Å². The average molecular weight is 296 g/mol. The van der Waals surface area contributed by atoms with E-state index in [1.807, 2.05) is 4.68 Å². The van der Waals surface area contributed by atoms with Crippen molar-refractivity contribution in [3.05, 3.63) is 47.0 Å². The van der Waals surface area contributed by atoms with Crippen molar-refractivity contribution < 1.29 is 9.59 Å². The molecule has 1 aromatic carbocycles. The summed E-state index contributed by atoms with van der Waals surface area (Å²) in [5.41, 5.74) is 0.932. The first-order valence-electron chi connectivity index (χ1n) is 7.62. The highest BCUT2D eigenvalue weighted by atomic mass is 16.2. The van der Waals surface area contributed by atoms with Crippen molar-refractivity contribution in [2.24, 2.45) is 0 Å². The molecule has 0 unspecified atom stereocenters. The van der Waals surface area contributed by atoms with Gasteiger partial charge in [0.25, 0.3) is 11.8 Å². The third-order valence-electron chi connectivity index (χ3n) is 4.24. The standard InChI is InChI=1S/C16H16N4O2/c21-15-11-6-3-4-7-12(11)16(22)19(15)10-13-17-14-8-2-1-5-9-20(14)18-13/h3-4,6-7H,1-2,5,8-10H2. The molecule has 0 saturated heterocycles. The fraction of sp³-hybridized carbons (Fsp3) is 0.375. The second kappa shape index (κ2) is 5.05. The van der Waals surface area contributed by atoms with Gasteiger partial charge in [-0.2, -0.15) is 5.10 Å². The van der Waals surface area contributed by atoms with Crippen molar-refractivity contribution in [3.63, 3.8) is 0 Å². The van der Waals surface area contributed by atoms with Crippen LogP contribution in [0.5, 0.6) is 0 Å². The molecule has 0 fully saturated rings. The Morgan fingerprint density at radius 1 is 1.00 bits per heavy atom. The minimum atomic E-state index is -0.259. The van der Waals surface area contributed by atoms with E-state index in [1.54, 1.807) is 24.3 Å². The summed E-state index contributed by atoms with van der Waals surface area (Å²) in [5, 5.41) is 4.47. The SMILES string of the molecule is O=C1c2ccccc2C(=O)N1Cc1nc2n(n1)CCCCC2. The highest BCUT2D eigenvalue weighted by molar-refractivity contribution is 6.21. The molecule has 0 atom stereocenters. The molecule has 2 aliphatic rings. The summed E-state index contributed by atoms with van der Waals surface area (Å²) in [6, 6.07) is 6.91. The average Bonchev–Trinajstić information content (AvgIpc) is 2.93. The van der Waals surface area contributed by atoms with Crippen LogP contribution in [0.3, 0.4) is 0 Å². The van der Waals surface area contributed by atoms with Gasteiger partial charge >= 0.3 is 0 Å². The smallest absolute Gasteiger partial charge is 0.261 e. The maximum atomic E-state index is 12.4. The maximum Gasteiger partial charge on any atom is 0.261 e. The molecule has 0 N–H and O–H groups in total. The predicted molar refractivity (Wildman–Crippen MR) is 78.2 cm³/mol. The van der Waals surface area contributed by atoms with E-state index in [-0.39, 0.29) is 18.4 Å². The van der Waals surface area contributed by atoms with Gasteiger partial charge in [0.2, 0.25) is 0 Å². The molecule has 2 aliphatic heterocycles. The molecule has 4 rings (SSSR count). The molecule has 2 amide bonds. The van der Waals surface area contributed by atoms with Crippen LogP contribution in [0.2, 0.25) is 0 Å². The minimum absolute atomic E-state index is 0.145. The zero-order valence-electron chi connectivity index (χ0n) is 12.2. The summed E-state index contributed by atoms with van der Waals surface area (Å²) < 4.78 is 1.92. The molecule has 3 heterocycles. The minimum Gasteiger partial charge on any atom is -0.269 e. The van der Waals surface area contributed by atoms with Crippen molar-refractivity contribution in [1.29, 1.82) is 0 Å². The first kappa shape index (κ1) is 13.2.